The molecule has 6 nitrogen and oxygen atoms in total. The molecule has 30 heavy (non-hydrogen) atoms. The lowest BCUT2D eigenvalue weighted by Gasteiger charge is -2.16. The van der Waals surface area contributed by atoms with Crippen molar-refractivity contribution in [3.8, 4) is 11.5 Å². The fourth-order valence-corrected chi connectivity index (χ4v) is 3.95. The Bertz CT molecular complexity index is 1160. The third kappa shape index (κ3) is 3.42. The molecule has 2 heterocycles. The molecular weight excluding hydrogens is 407 g/mol. The van der Waals surface area contributed by atoms with Crippen LogP contribution in [0.5, 0.6) is 11.5 Å². The van der Waals surface area contributed by atoms with Crippen molar-refractivity contribution in [2.75, 3.05) is 24.4 Å². The topological polar surface area (TPSA) is 67.9 Å². The highest BCUT2D eigenvalue weighted by Gasteiger charge is 2.41. The number of nitrogens with zero attached hydrogens (tertiary/aromatic N) is 1. The molecule has 1 N–H and O–H groups in total. The Kier molecular flexibility index (Phi) is 5.24. The molecular formula is C22H17FN2O4S. The molecule has 0 atom stereocenters. The number of carbonyl (C=O) groups is 2. The van der Waals surface area contributed by atoms with E-state index >= 15 is 0 Å². The standard InChI is InChI=1S/C22H17FN2O4S/c1-28-15-8-9-16(17(12-15)29-2)24-20-19(18-7-4-10-30-18)21(26)25(22(20)27)14-6-3-5-13(23)11-14/h3-12,24H,1-2H3. The van der Waals surface area contributed by atoms with Gasteiger partial charge in [-0.05, 0) is 41.8 Å². The molecule has 1 aromatic heterocycles. The molecule has 3 aromatic rings. The SMILES string of the molecule is COc1ccc(NC2=C(c3cccs3)C(=O)N(c3cccc(F)c3)C2=O)c(OC)c1. The van der Waals surface area contributed by atoms with E-state index in [0.29, 0.717) is 22.1 Å². The molecule has 0 saturated heterocycles. The van der Waals surface area contributed by atoms with Crippen molar-refractivity contribution in [3.05, 3.63) is 76.4 Å². The van der Waals surface area contributed by atoms with Crippen LogP contribution in [-0.2, 0) is 9.59 Å². The first-order valence-corrected chi connectivity index (χ1v) is 9.83. The highest BCUT2D eigenvalue weighted by atomic mass is 32.1. The Morgan fingerprint density at radius 2 is 1.80 bits per heavy atom. The molecule has 2 amide bonds. The highest BCUT2D eigenvalue weighted by molar-refractivity contribution is 7.11. The number of imide groups is 1. The molecule has 152 valence electrons. The van der Waals surface area contributed by atoms with E-state index in [1.807, 2.05) is 5.38 Å². The number of benzene rings is 2. The number of methoxy groups -OCH3 is 2. The van der Waals surface area contributed by atoms with E-state index in [1.54, 1.807) is 30.3 Å². The van der Waals surface area contributed by atoms with Gasteiger partial charge in [0.15, 0.2) is 0 Å². The van der Waals surface area contributed by atoms with E-state index in [1.165, 1.54) is 43.8 Å². The second-order valence-electron chi connectivity index (χ2n) is 6.34. The van der Waals surface area contributed by atoms with Crippen LogP contribution in [0, 0.1) is 5.82 Å². The number of anilines is 2. The number of thiophene rings is 1. The van der Waals surface area contributed by atoms with Crippen molar-refractivity contribution in [2.24, 2.45) is 0 Å². The van der Waals surface area contributed by atoms with E-state index in [4.69, 9.17) is 9.47 Å². The number of rotatable bonds is 6. The number of hydrogen-bond donors (Lipinski definition) is 1. The summed E-state index contributed by atoms with van der Waals surface area (Å²) >= 11 is 1.33. The molecule has 0 spiro atoms. The third-order valence-corrected chi connectivity index (χ3v) is 5.47. The molecule has 0 unspecified atom stereocenters. The van der Waals surface area contributed by atoms with Crippen molar-refractivity contribution in [1.29, 1.82) is 0 Å². The van der Waals surface area contributed by atoms with Crippen LogP contribution in [0.1, 0.15) is 4.88 Å². The molecule has 8 heteroatoms. The number of carbonyl (C=O) groups excluding carboxylic acids is 2. The van der Waals surface area contributed by atoms with Gasteiger partial charge in [0.1, 0.15) is 23.0 Å². The lowest BCUT2D eigenvalue weighted by atomic mass is 10.1. The molecule has 1 aliphatic heterocycles. The second kappa shape index (κ2) is 8.00. The lowest BCUT2D eigenvalue weighted by Crippen LogP contribution is -2.32. The Balaban J connectivity index is 1.80. The molecule has 4 rings (SSSR count). The van der Waals surface area contributed by atoms with Gasteiger partial charge in [-0.3, -0.25) is 9.59 Å². The van der Waals surface area contributed by atoms with Gasteiger partial charge in [0, 0.05) is 10.9 Å². The summed E-state index contributed by atoms with van der Waals surface area (Å²) in [6.07, 6.45) is 0. The maximum absolute atomic E-state index is 13.8. The predicted molar refractivity (Wildman–Crippen MR) is 113 cm³/mol. The maximum atomic E-state index is 13.8. The monoisotopic (exact) mass is 424 g/mol. The minimum atomic E-state index is -0.577. The molecule has 0 saturated carbocycles. The number of hydrogen-bond acceptors (Lipinski definition) is 6. The first kappa shape index (κ1) is 19.7. The number of ether oxygens (including phenoxy) is 2. The van der Waals surface area contributed by atoms with Gasteiger partial charge in [0.25, 0.3) is 11.8 Å². The Hall–Kier alpha value is -3.65. The average Bonchev–Trinajstić information content (AvgIpc) is 3.35. The summed E-state index contributed by atoms with van der Waals surface area (Å²) in [6, 6.07) is 14.0. The van der Waals surface area contributed by atoms with Crippen molar-refractivity contribution in [3.63, 3.8) is 0 Å². The van der Waals surface area contributed by atoms with E-state index in [0.717, 1.165) is 11.0 Å². The van der Waals surface area contributed by atoms with Crippen LogP contribution in [0.3, 0.4) is 0 Å². The van der Waals surface area contributed by atoms with Gasteiger partial charge in [-0.1, -0.05) is 12.1 Å². The molecule has 0 radical (unpaired) electrons. The van der Waals surface area contributed by atoms with Crippen LogP contribution in [0.4, 0.5) is 15.8 Å². The molecule has 0 fully saturated rings. The van der Waals surface area contributed by atoms with Crippen molar-refractivity contribution < 1.29 is 23.5 Å². The normalized spacial score (nSPS) is 13.8. The van der Waals surface area contributed by atoms with Crippen LogP contribution in [0.15, 0.2) is 65.7 Å². The van der Waals surface area contributed by atoms with Crippen molar-refractivity contribution >= 4 is 40.1 Å². The zero-order valence-corrected chi connectivity index (χ0v) is 17.0. The molecule has 0 aliphatic carbocycles. The Morgan fingerprint density at radius 1 is 0.967 bits per heavy atom. The largest absolute Gasteiger partial charge is 0.497 e. The average molecular weight is 424 g/mol. The zero-order chi connectivity index (χ0) is 21.3. The van der Waals surface area contributed by atoms with Gasteiger partial charge in [0.05, 0.1) is 31.2 Å². The Morgan fingerprint density at radius 3 is 2.47 bits per heavy atom. The maximum Gasteiger partial charge on any atom is 0.282 e. The highest BCUT2D eigenvalue weighted by Crippen LogP contribution is 2.38. The first-order chi connectivity index (χ1) is 14.5. The van der Waals surface area contributed by atoms with Crippen molar-refractivity contribution in [1.82, 2.24) is 0 Å². The summed E-state index contributed by atoms with van der Waals surface area (Å²) in [5.41, 5.74) is 0.967. The number of nitrogens with one attached hydrogen (secondary N) is 1. The summed E-state index contributed by atoms with van der Waals surface area (Å²) in [5, 5.41) is 4.86. The minimum Gasteiger partial charge on any atom is -0.497 e. The first-order valence-electron chi connectivity index (χ1n) is 8.95. The van der Waals surface area contributed by atoms with Gasteiger partial charge in [-0.15, -0.1) is 11.3 Å². The van der Waals surface area contributed by atoms with E-state index in [2.05, 4.69) is 5.32 Å². The quantitative estimate of drug-likeness (QED) is 0.598. The minimum absolute atomic E-state index is 0.0928. The van der Waals surface area contributed by atoms with Crippen LogP contribution in [0.25, 0.3) is 5.57 Å². The van der Waals surface area contributed by atoms with Gasteiger partial charge in [0.2, 0.25) is 0 Å². The molecule has 1 aliphatic rings. The van der Waals surface area contributed by atoms with E-state index in [-0.39, 0.29) is 17.0 Å². The summed E-state index contributed by atoms with van der Waals surface area (Å²) in [5.74, 6) is -0.615. The summed E-state index contributed by atoms with van der Waals surface area (Å²) in [7, 11) is 3.03. The summed E-state index contributed by atoms with van der Waals surface area (Å²) < 4.78 is 24.3. The lowest BCUT2D eigenvalue weighted by molar-refractivity contribution is -0.120. The van der Waals surface area contributed by atoms with Crippen LogP contribution in [-0.4, -0.2) is 26.0 Å². The fraction of sp³-hybridized carbons (Fsp3) is 0.0909. The second-order valence-corrected chi connectivity index (χ2v) is 7.29. The molecule has 2 aromatic carbocycles. The number of halogens is 1. The van der Waals surface area contributed by atoms with Crippen LogP contribution < -0.4 is 19.7 Å². The van der Waals surface area contributed by atoms with Gasteiger partial charge in [-0.25, -0.2) is 9.29 Å². The van der Waals surface area contributed by atoms with Crippen molar-refractivity contribution in [2.45, 2.75) is 0 Å². The van der Waals surface area contributed by atoms with Crippen LogP contribution >= 0.6 is 11.3 Å². The van der Waals surface area contributed by atoms with E-state index in [9.17, 15) is 14.0 Å². The fourth-order valence-electron chi connectivity index (χ4n) is 3.18. The summed E-state index contributed by atoms with van der Waals surface area (Å²) in [4.78, 5) is 28.1. The van der Waals surface area contributed by atoms with Gasteiger partial charge >= 0.3 is 0 Å². The molecule has 0 bridgehead atoms. The zero-order valence-electron chi connectivity index (χ0n) is 16.1. The third-order valence-electron chi connectivity index (χ3n) is 4.59. The van der Waals surface area contributed by atoms with Gasteiger partial charge in [-0.2, -0.15) is 0 Å². The number of amides is 2. The van der Waals surface area contributed by atoms with E-state index < -0.39 is 17.6 Å². The smallest absolute Gasteiger partial charge is 0.282 e. The van der Waals surface area contributed by atoms with Gasteiger partial charge < -0.3 is 14.8 Å². The summed E-state index contributed by atoms with van der Waals surface area (Å²) in [6.45, 7) is 0. The van der Waals surface area contributed by atoms with Crippen LogP contribution in [0.2, 0.25) is 0 Å². The Labute approximate surface area is 176 Å². The predicted octanol–water partition coefficient (Wildman–Crippen LogP) is 4.30.